The molecule has 1 rings (SSSR count). The first-order chi connectivity index (χ1) is 7.39. The van der Waals surface area contributed by atoms with Gasteiger partial charge in [0.05, 0.1) is 0 Å². The monoisotopic (exact) mass is 214 g/mol. The zero-order chi connectivity index (χ0) is 12.3. The van der Waals surface area contributed by atoms with E-state index < -0.39 is 0 Å². The van der Waals surface area contributed by atoms with E-state index in [1.54, 1.807) is 0 Å². The predicted molar refractivity (Wildman–Crippen MR) is 73.7 cm³/mol. The van der Waals surface area contributed by atoms with Gasteiger partial charge in [-0.1, -0.05) is 61.9 Å². The standard InChI is InChI=1S/C16H22/c1-7-8-14-10-9-13(4)11-15(14)16(5,6)12(2)3/h7-11H,2H2,1,3-6H3/b8-7+. The van der Waals surface area contributed by atoms with Crippen LogP contribution in [0.1, 0.15) is 44.4 Å². The molecule has 0 fully saturated rings. The lowest BCUT2D eigenvalue weighted by molar-refractivity contribution is 0.624. The molecule has 1 aromatic carbocycles. The Bertz CT molecular complexity index is 420. The number of hydrogen-bond acceptors (Lipinski definition) is 0. The van der Waals surface area contributed by atoms with E-state index in [9.17, 15) is 0 Å². The van der Waals surface area contributed by atoms with Crippen LogP contribution in [0.4, 0.5) is 0 Å². The molecule has 16 heavy (non-hydrogen) atoms. The molecule has 0 unspecified atom stereocenters. The minimum Gasteiger partial charge on any atom is -0.0993 e. The normalized spacial score (nSPS) is 12.1. The van der Waals surface area contributed by atoms with Crippen LogP contribution in [0.25, 0.3) is 6.08 Å². The molecule has 0 spiro atoms. The summed E-state index contributed by atoms with van der Waals surface area (Å²) in [7, 11) is 0. The average molecular weight is 214 g/mol. The summed E-state index contributed by atoms with van der Waals surface area (Å²) in [5.74, 6) is 0. The topological polar surface area (TPSA) is 0 Å². The Morgan fingerprint density at radius 2 is 1.94 bits per heavy atom. The van der Waals surface area contributed by atoms with Gasteiger partial charge in [0, 0.05) is 5.41 Å². The molecule has 0 radical (unpaired) electrons. The van der Waals surface area contributed by atoms with Gasteiger partial charge in [-0.2, -0.15) is 0 Å². The highest BCUT2D eigenvalue weighted by Gasteiger charge is 2.23. The molecule has 0 aliphatic rings. The summed E-state index contributed by atoms with van der Waals surface area (Å²) in [4.78, 5) is 0. The van der Waals surface area contributed by atoms with Crippen molar-refractivity contribution in [1.82, 2.24) is 0 Å². The van der Waals surface area contributed by atoms with Crippen LogP contribution in [0.2, 0.25) is 0 Å². The molecule has 1 aromatic rings. The minimum absolute atomic E-state index is 0.0286. The van der Waals surface area contributed by atoms with E-state index in [-0.39, 0.29) is 5.41 Å². The SMILES string of the molecule is C=C(C)C(C)(C)c1cc(C)ccc1/C=C/C. The molecule has 0 heteroatoms. The van der Waals surface area contributed by atoms with Gasteiger partial charge >= 0.3 is 0 Å². The van der Waals surface area contributed by atoms with E-state index in [1.807, 2.05) is 0 Å². The zero-order valence-corrected chi connectivity index (χ0v) is 11.1. The fourth-order valence-corrected chi connectivity index (χ4v) is 1.77. The Labute approximate surface area is 99.7 Å². The summed E-state index contributed by atoms with van der Waals surface area (Å²) >= 11 is 0. The van der Waals surface area contributed by atoms with Crippen LogP contribution in [-0.2, 0) is 5.41 Å². The maximum Gasteiger partial charge on any atom is 0.0106 e. The van der Waals surface area contributed by atoms with E-state index in [0.29, 0.717) is 0 Å². The maximum atomic E-state index is 4.11. The second-order valence-corrected chi connectivity index (χ2v) is 5.00. The highest BCUT2D eigenvalue weighted by molar-refractivity contribution is 5.58. The van der Waals surface area contributed by atoms with Gasteiger partial charge < -0.3 is 0 Å². The third-order valence-electron chi connectivity index (χ3n) is 3.30. The predicted octanol–water partition coefficient (Wildman–Crippen LogP) is 4.88. The van der Waals surface area contributed by atoms with E-state index in [1.165, 1.54) is 22.3 Å². The van der Waals surface area contributed by atoms with Crippen LogP contribution in [0.3, 0.4) is 0 Å². The molecule has 0 N–H and O–H groups in total. The van der Waals surface area contributed by atoms with Gasteiger partial charge in [-0.3, -0.25) is 0 Å². The van der Waals surface area contributed by atoms with Crippen molar-refractivity contribution >= 4 is 6.08 Å². The largest absolute Gasteiger partial charge is 0.0993 e. The highest BCUT2D eigenvalue weighted by atomic mass is 14.3. The van der Waals surface area contributed by atoms with Gasteiger partial charge in [0.1, 0.15) is 0 Å². The first-order valence-corrected chi connectivity index (χ1v) is 5.79. The second-order valence-electron chi connectivity index (χ2n) is 5.00. The van der Waals surface area contributed by atoms with Crippen molar-refractivity contribution in [3.63, 3.8) is 0 Å². The summed E-state index contributed by atoms with van der Waals surface area (Å²) in [6, 6.07) is 6.62. The Balaban J connectivity index is 3.40. The van der Waals surface area contributed by atoms with Crippen LogP contribution in [0.15, 0.2) is 36.4 Å². The van der Waals surface area contributed by atoms with Gasteiger partial charge in [-0.05, 0) is 31.9 Å². The van der Waals surface area contributed by atoms with Crippen molar-refractivity contribution in [3.05, 3.63) is 53.1 Å². The Kier molecular flexibility index (Phi) is 3.74. The molecule has 0 amide bonds. The molecule has 0 aliphatic carbocycles. The van der Waals surface area contributed by atoms with Crippen molar-refractivity contribution in [2.24, 2.45) is 0 Å². The van der Waals surface area contributed by atoms with Crippen molar-refractivity contribution in [2.45, 2.75) is 40.0 Å². The van der Waals surface area contributed by atoms with Gasteiger partial charge in [-0.25, -0.2) is 0 Å². The van der Waals surface area contributed by atoms with E-state index in [2.05, 4.69) is 71.5 Å². The maximum absolute atomic E-state index is 4.11. The first kappa shape index (κ1) is 12.8. The van der Waals surface area contributed by atoms with Gasteiger partial charge in [-0.15, -0.1) is 0 Å². The summed E-state index contributed by atoms with van der Waals surface area (Å²) in [5, 5.41) is 0. The molecule has 0 nitrogen and oxygen atoms in total. The van der Waals surface area contributed by atoms with Gasteiger partial charge in [0.2, 0.25) is 0 Å². The van der Waals surface area contributed by atoms with E-state index in [4.69, 9.17) is 0 Å². The van der Waals surface area contributed by atoms with Crippen LogP contribution in [0.5, 0.6) is 0 Å². The fourth-order valence-electron chi connectivity index (χ4n) is 1.77. The third-order valence-corrected chi connectivity index (χ3v) is 3.30. The molecule has 0 atom stereocenters. The van der Waals surface area contributed by atoms with Gasteiger partial charge in [0.15, 0.2) is 0 Å². The number of hydrogen-bond donors (Lipinski definition) is 0. The number of rotatable bonds is 3. The lowest BCUT2D eigenvalue weighted by Gasteiger charge is -2.28. The van der Waals surface area contributed by atoms with Crippen molar-refractivity contribution < 1.29 is 0 Å². The Morgan fingerprint density at radius 3 is 2.44 bits per heavy atom. The summed E-state index contributed by atoms with van der Waals surface area (Å²) in [5.41, 5.74) is 5.18. The molecule has 0 bridgehead atoms. The molecular weight excluding hydrogens is 192 g/mol. The number of aryl methyl sites for hydroxylation is 1. The fraction of sp³-hybridized carbons (Fsp3) is 0.375. The van der Waals surface area contributed by atoms with E-state index in [0.717, 1.165) is 0 Å². The molecule has 0 aromatic heterocycles. The van der Waals surface area contributed by atoms with Crippen molar-refractivity contribution in [3.8, 4) is 0 Å². The lowest BCUT2D eigenvalue weighted by Crippen LogP contribution is -2.19. The van der Waals surface area contributed by atoms with Crippen molar-refractivity contribution in [2.75, 3.05) is 0 Å². The molecule has 0 aliphatic heterocycles. The molecule has 86 valence electrons. The molecular formula is C16H22. The average Bonchev–Trinajstić information content (AvgIpc) is 2.20. The number of benzene rings is 1. The lowest BCUT2D eigenvalue weighted by atomic mass is 9.76. The Morgan fingerprint density at radius 1 is 1.31 bits per heavy atom. The summed E-state index contributed by atoms with van der Waals surface area (Å²) < 4.78 is 0. The Hall–Kier alpha value is -1.30. The quantitative estimate of drug-likeness (QED) is 0.629. The molecule has 0 saturated carbocycles. The van der Waals surface area contributed by atoms with E-state index >= 15 is 0 Å². The zero-order valence-electron chi connectivity index (χ0n) is 11.1. The minimum atomic E-state index is 0.0286. The smallest absolute Gasteiger partial charge is 0.0106 e. The second kappa shape index (κ2) is 4.69. The van der Waals surface area contributed by atoms with Crippen molar-refractivity contribution in [1.29, 1.82) is 0 Å². The summed E-state index contributed by atoms with van der Waals surface area (Å²) in [6.07, 6.45) is 4.25. The molecule has 0 heterocycles. The van der Waals surface area contributed by atoms with Gasteiger partial charge in [0.25, 0.3) is 0 Å². The number of allylic oxidation sites excluding steroid dienone is 2. The van der Waals surface area contributed by atoms with Crippen LogP contribution >= 0.6 is 0 Å². The third kappa shape index (κ3) is 2.44. The van der Waals surface area contributed by atoms with Crippen LogP contribution in [-0.4, -0.2) is 0 Å². The highest BCUT2D eigenvalue weighted by Crippen LogP contribution is 2.33. The molecule has 0 saturated heterocycles. The van der Waals surface area contributed by atoms with Crippen LogP contribution < -0.4 is 0 Å². The first-order valence-electron chi connectivity index (χ1n) is 5.79. The van der Waals surface area contributed by atoms with Crippen LogP contribution in [0, 0.1) is 6.92 Å². The summed E-state index contributed by atoms with van der Waals surface area (Å²) in [6.45, 7) is 14.9.